The van der Waals surface area contributed by atoms with Gasteiger partial charge in [0.2, 0.25) is 0 Å². The summed E-state index contributed by atoms with van der Waals surface area (Å²) >= 11 is 0. The van der Waals surface area contributed by atoms with E-state index in [0.717, 1.165) is 16.7 Å². The van der Waals surface area contributed by atoms with Crippen molar-refractivity contribution >= 4 is 22.8 Å². The highest BCUT2D eigenvalue weighted by Crippen LogP contribution is 2.23. The average Bonchev–Trinajstić information content (AvgIpc) is 2.59. The van der Waals surface area contributed by atoms with Crippen LogP contribution in [0.4, 0.5) is 10.6 Å². The number of fused-ring (bicyclic) bond motifs is 1. The van der Waals surface area contributed by atoms with Crippen LogP contribution in [0, 0.1) is 11.3 Å². The van der Waals surface area contributed by atoms with Crippen molar-refractivity contribution in [3.8, 4) is 6.07 Å². The van der Waals surface area contributed by atoms with Gasteiger partial charge in [-0.15, -0.1) is 0 Å². The molecule has 3 rings (SSSR count). The first-order valence-corrected chi connectivity index (χ1v) is 8.82. The van der Waals surface area contributed by atoms with E-state index < -0.39 is 5.60 Å². The van der Waals surface area contributed by atoms with E-state index in [2.05, 4.69) is 11.0 Å². The lowest BCUT2D eigenvalue weighted by Crippen LogP contribution is -2.55. The van der Waals surface area contributed by atoms with E-state index in [9.17, 15) is 4.79 Å². The van der Waals surface area contributed by atoms with Crippen molar-refractivity contribution in [3.63, 3.8) is 0 Å². The zero-order chi connectivity index (χ0) is 18.9. The van der Waals surface area contributed by atoms with Gasteiger partial charge < -0.3 is 14.5 Å². The number of nitriles is 1. The van der Waals surface area contributed by atoms with Crippen LogP contribution in [-0.2, 0) is 4.74 Å². The molecular formula is C20H24N4O2. The third-order valence-electron chi connectivity index (χ3n) is 4.38. The minimum absolute atomic E-state index is 0.0389. The average molecular weight is 352 g/mol. The van der Waals surface area contributed by atoms with Gasteiger partial charge in [0.25, 0.3) is 0 Å². The molecule has 1 amide bonds. The lowest BCUT2D eigenvalue weighted by atomic mass is 10.1. The van der Waals surface area contributed by atoms with Gasteiger partial charge in [0.1, 0.15) is 11.4 Å². The number of aromatic nitrogens is 1. The normalized spacial score (nSPS) is 17.9. The summed E-state index contributed by atoms with van der Waals surface area (Å²) in [5.41, 5.74) is 1.01. The number of pyridine rings is 1. The molecule has 0 aliphatic carbocycles. The number of nitrogens with zero attached hydrogens (tertiary/aromatic N) is 4. The van der Waals surface area contributed by atoms with E-state index in [-0.39, 0.29) is 12.1 Å². The van der Waals surface area contributed by atoms with Crippen molar-refractivity contribution < 1.29 is 9.53 Å². The highest BCUT2D eigenvalue weighted by molar-refractivity contribution is 5.81. The van der Waals surface area contributed by atoms with Crippen LogP contribution in [0.1, 0.15) is 33.3 Å². The van der Waals surface area contributed by atoms with Crippen LogP contribution in [0.5, 0.6) is 0 Å². The SMILES string of the molecule is C[C@@H]1CN(c2ccc3cc(C#N)ccc3n2)CCN1C(=O)OC(C)(C)C. The van der Waals surface area contributed by atoms with Crippen LogP contribution in [-0.4, -0.2) is 47.3 Å². The highest BCUT2D eigenvalue weighted by Gasteiger charge is 2.31. The van der Waals surface area contributed by atoms with Crippen molar-refractivity contribution in [2.24, 2.45) is 0 Å². The summed E-state index contributed by atoms with van der Waals surface area (Å²) in [6.07, 6.45) is -0.264. The number of carbonyl (C=O) groups excluding carboxylic acids is 1. The second-order valence-corrected chi connectivity index (χ2v) is 7.66. The number of piperazine rings is 1. The molecule has 0 bridgehead atoms. The van der Waals surface area contributed by atoms with Gasteiger partial charge in [-0.05, 0) is 58.0 Å². The van der Waals surface area contributed by atoms with Crippen LogP contribution < -0.4 is 4.90 Å². The second-order valence-electron chi connectivity index (χ2n) is 7.66. The van der Waals surface area contributed by atoms with E-state index in [1.807, 2.05) is 52.0 Å². The van der Waals surface area contributed by atoms with E-state index in [1.165, 1.54) is 0 Å². The molecule has 1 saturated heterocycles. The number of carbonyl (C=O) groups is 1. The molecule has 0 radical (unpaired) electrons. The molecule has 6 heteroatoms. The summed E-state index contributed by atoms with van der Waals surface area (Å²) < 4.78 is 5.49. The number of hydrogen-bond donors (Lipinski definition) is 0. The topological polar surface area (TPSA) is 69.5 Å². The largest absolute Gasteiger partial charge is 0.444 e. The molecular weight excluding hydrogens is 328 g/mol. The molecule has 0 spiro atoms. The Morgan fingerprint density at radius 3 is 2.69 bits per heavy atom. The molecule has 0 N–H and O–H groups in total. The monoisotopic (exact) mass is 352 g/mol. The Morgan fingerprint density at radius 1 is 1.27 bits per heavy atom. The molecule has 1 atom stereocenters. The van der Waals surface area contributed by atoms with Gasteiger partial charge in [-0.3, -0.25) is 0 Å². The van der Waals surface area contributed by atoms with Gasteiger partial charge in [-0.25, -0.2) is 9.78 Å². The Kier molecular flexibility index (Phi) is 4.73. The van der Waals surface area contributed by atoms with Gasteiger partial charge in [0.05, 0.1) is 17.1 Å². The minimum Gasteiger partial charge on any atom is -0.444 e. The molecule has 1 aromatic heterocycles. The molecule has 0 unspecified atom stereocenters. The van der Waals surface area contributed by atoms with Crippen LogP contribution in [0.3, 0.4) is 0 Å². The summed E-state index contributed by atoms with van der Waals surface area (Å²) in [7, 11) is 0. The van der Waals surface area contributed by atoms with E-state index in [1.54, 1.807) is 11.0 Å². The molecule has 2 heterocycles. The van der Waals surface area contributed by atoms with E-state index in [4.69, 9.17) is 15.0 Å². The first-order chi connectivity index (χ1) is 12.3. The number of hydrogen-bond acceptors (Lipinski definition) is 5. The summed E-state index contributed by atoms with van der Waals surface area (Å²) in [6, 6.07) is 11.6. The lowest BCUT2D eigenvalue weighted by Gasteiger charge is -2.40. The van der Waals surface area contributed by atoms with Gasteiger partial charge in [-0.2, -0.15) is 5.26 Å². The first kappa shape index (κ1) is 18.0. The quantitative estimate of drug-likeness (QED) is 0.785. The van der Waals surface area contributed by atoms with E-state index >= 15 is 0 Å². The lowest BCUT2D eigenvalue weighted by molar-refractivity contribution is 0.0158. The summed E-state index contributed by atoms with van der Waals surface area (Å²) in [4.78, 5) is 21.0. The Balaban J connectivity index is 1.73. The zero-order valence-corrected chi connectivity index (χ0v) is 15.7. The molecule has 1 aliphatic heterocycles. The molecule has 0 saturated carbocycles. The minimum atomic E-state index is -0.490. The zero-order valence-electron chi connectivity index (χ0n) is 15.7. The summed E-state index contributed by atoms with van der Waals surface area (Å²) in [5, 5.41) is 9.96. The fourth-order valence-electron chi connectivity index (χ4n) is 3.12. The Hall–Kier alpha value is -2.81. The van der Waals surface area contributed by atoms with Crippen LogP contribution >= 0.6 is 0 Å². The molecule has 26 heavy (non-hydrogen) atoms. The number of rotatable bonds is 1. The maximum atomic E-state index is 12.3. The molecule has 136 valence electrons. The number of anilines is 1. The predicted octanol–water partition coefficient (Wildman–Crippen LogP) is 3.55. The molecule has 1 aliphatic rings. The fraction of sp³-hybridized carbons (Fsp3) is 0.450. The molecule has 1 aromatic carbocycles. The standard InChI is InChI=1S/C20H24N4O2/c1-14-13-23(9-10-24(14)19(25)26-20(2,3)4)18-8-6-16-11-15(12-21)5-7-17(16)22-18/h5-8,11,14H,9-10,13H2,1-4H3/t14-/m1/s1. The third-order valence-corrected chi connectivity index (χ3v) is 4.38. The van der Waals surface area contributed by atoms with Crippen LogP contribution in [0.25, 0.3) is 10.9 Å². The van der Waals surface area contributed by atoms with Crippen molar-refractivity contribution in [2.45, 2.75) is 39.3 Å². The Bertz CT molecular complexity index is 866. The Morgan fingerprint density at radius 2 is 2.04 bits per heavy atom. The van der Waals surface area contributed by atoms with Gasteiger partial charge >= 0.3 is 6.09 Å². The molecule has 2 aromatic rings. The fourth-order valence-corrected chi connectivity index (χ4v) is 3.12. The smallest absolute Gasteiger partial charge is 0.410 e. The maximum Gasteiger partial charge on any atom is 0.410 e. The first-order valence-electron chi connectivity index (χ1n) is 8.82. The van der Waals surface area contributed by atoms with Gasteiger partial charge in [0.15, 0.2) is 0 Å². The Labute approximate surface area is 154 Å². The molecule has 6 nitrogen and oxygen atoms in total. The maximum absolute atomic E-state index is 12.3. The summed E-state index contributed by atoms with van der Waals surface area (Å²) in [6.45, 7) is 9.67. The van der Waals surface area contributed by atoms with Crippen molar-refractivity contribution in [3.05, 3.63) is 35.9 Å². The van der Waals surface area contributed by atoms with E-state index in [0.29, 0.717) is 25.2 Å². The highest BCUT2D eigenvalue weighted by atomic mass is 16.6. The van der Waals surface area contributed by atoms with Crippen molar-refractivity contribution in [1.29, 1.82) is 5.26 Å². The number of ether oxygens (including phenoxy) is 1. The second kappa shape index (κ2) is 6.83. The third kappa shape index (κ3) is 3.88. The van der Waals surface area contributed by atoms with Crippen molar-refractivity contribution in [1.82, 2.24) is 9.88 Å². The number of amides is 1. The molecule has 1 fully saturated rings. The van der Waals surface area contributed by atoms with Gasteiger partial charge in [-0.1, -0.05) is 0 Å². The van der Waals surface area contributed by atoms with Crippen molar-refractivity contribution in [2.75, 3.05) is 24.5 Å². The predicted molar refractivity (Wildman–Crippen MR) is 101 cm³/mol. The van der Waals surface area contributed by atoms with Crippen LogP contribution in [0.15, 0.2) is 30.3 Å². The van der Waals surface area contributed by atoms with Gasteiger partial charge in [0, 0.05) is 31.1 Å². The number of benzene rings is 1. The van der Waals surface area contributed by atoms with Crippen LogP contribution in [0.2, 0.25) is 0 Å². The summed E-state index contributed by atoms with van der Waals surface area (Å²) in [5.74, 6) is 0.887.